The number of nitrogens with zero attached hydrogens (tertiary/aromatic N) is 2. The molecule has 0 radical (unpaired) electrons. The van der Waals surface area contributed by atoms with Gasteiger partial charge >= 0.3 is 0 Å². The van der Waals surface area contributed by atoms with Crippen LogP contribution in [0.3, 0.4) is 0 Å². The molecular weight excluding hydrogens is 216 g/mol. The molecule has 84 valence electrons. The lowest BCUT2D eigenvalue weighted by atomic mass is 10.2. The van der Waals surface area contributed by atoms with Gasteiger partial charge in [0.25, 0.3) is 5.91 Å². The second kappa shape index (κ2) is 5.75. The molecule has 1 aromatic rings. The van der Waals surface area contributed by atoms with E-state index in [-0.39, 0.29) is 5.91 Å². The van der Waals surface area contributed by atoms with Crippen LogP contribution in [0.2, 0.25) is 0 Å². The van der Waals surface area contributed by atoms with Gasteiger partial charge in [0, 0.05) is 19.0 Å². The van der Waals surface area contributed by atoms with Crippen LogP contribution in [0.1, 0.15) is 29.5 Å². The molecule has 0 saturated heterocycles. The fourth-order valence-corrected chi connectivity index (χ4v) is 1.45. The van der Waals surface area contributed by atoms with Gasteiger partial charge in [0.15, 0.2) is 0 Å². The zero-order chi connectivity index (χ0) is 11.3. The van der Waals surface area contributed by atoms with Gasteiger partial charge in [-0.2, -0.15) is 0 Å². The number of aryl methyl sites for hydroxylation is 1. The molecule has 15 heavy (non-hydrogen) atoms. The molecule has 0 aliphatic heterocycles. The van der Waals surface area contributed by atoms with Gasteiger partial charge in [0.2, 0.25) is 0 Å². The quantitative estimate of drug-likeness (QED) is 0.728. The summed E-state index contributed by atoms with van der Waals surface area (Å²) in [5.41, 5.74) is 0.534. The first kappa shape index (κ1) is 12.0. The Bertz CT molecular complexity index is 325. The third kappa shape index (κ3) is 2.96. The second-order valence-electron chi connectivity index (χ2n) is 3.22. The molecule has 1 amide bonds. The highest BCUT2D eigenvalue weighted by molar-refractivity contribution is 6.17. The van der Waals surface area contributed by atoms with E-state index in [4.69, 9.17) is 16.1 Å². The number of carbonyl (C=O) groups is 1. The predicted octanol–water partition coefficient (Wildman–Crippen LogP) is 2.07. The van der Waals surface area contributed by atoms with E-state index in [1.165, 1.54) is 6.20 Å². The van der Waals surface area contributed by atoms with Crippen LogP contribution in [0.25, 0.3) is 0 Å². The minimum atomic E-state index is -0.0404. The molecule has 0 spiro atoms. The highest BCUT2D eigenvalue weighted by atomic mass is 35.5. The van der Waals surface area contributed by atoms with Gasteiger partial charge < -0.3 is 9.42 Å². The maximum absolute atomic E-state index is 11.9. The van der Waals surface area contributed by atoms with Crippen molar-refractivity contribution in [2.45, 2.75) is 20.3 Å². The first-order valence-corrected chi connectivity index (χ1v) is 5.50. The van der Waals surface area contributed by atoms with Crippen molar-refractivity contribution in [3.8, 4) is 0 Å². The molecule has 0 atom stereocenters. The maximum atomic E-state index is 11.9. The number of alkyl halides is 1. The molecule has 0 N–H and O–H groups in total. The van der Waals surface area contributed by atoms with Crippen molar-refractivity contribution in [3.63, 3.8) is 0 Å². The van der Waals surface area contributed by atoms with E-state index in [0.29, 0.717) is 30.3 Å². The van der Waals surface area contributed by atoms with Crippen LogP contribution < -0.4 is 0 Å². The number of rotatable bonds is 5. The molecule has 0 unspecified atom stereocenters. The molecule has 5 heteroatoms. The van der Waals surface area contributed by atoms with E-state index in [2.05, 4.69) is 5.16 Å². The Hall–Kier alpha value is -1.03. The van der Waals surface area contributed by atoms with Crippen molar-refractivity contribution in [1.29, 1.82) is 0 Å². The van der Waals surface area contributed by atoms with Crippen LogP contribution in [0.4, 0.5) is 0 Å². The predicted molar refractivity (Wildman–Crippen MR) is 58.2 cm³/mol. The fraction of sp³-hybridized carbons (Fsp3) is 0.600. The van der Waals surface area contributed by atoms with Crippen LogP contribution in [-0.4, -0.2) is 34.9 Å². The Kier molecular flexibility index (Phi) is 4.62. The van der Waals surface area contributed by atoms with Crippen LogP contribution >= 0.6 is 11.6 Å². The van der Waals surface area contributed by atoms with Crippen molar-refractivity contribution < 1.29 is 9.32 Å². The summed E-state index contributed by atoms with van der Waals surface area (Å²) in [7, 11) is 0. The molecule has 0 aliphatic carbocycles. The Morgan fingerprint density at radius 2 is 2.40 bits per heavy atom. The molecular formula is C10H15ClN2O2. The summed E-state index contributed by atoms with van der Waals surface area (Å²) in [4.78, 5) is 13.7. The standard InChI is InChI=1S/C10H15ClN2O2/c1-3-13(6-4-5-11)10(14)9-7-12-15-8(9)2/h7H,3-6H2,1-2H3. The number of amides is 1. The van der Waals surface area contributed by atoms with Crippen molar-refractivity contribution in [3.05, 3.63) is 17.5 Å². The third-order valence-electron chi connectivity index (χ3n) is 2.21. The summed E-state index contributed by atoms with van der Waals surface area (Å²) in [5.74, 6) is 1.08. The number of halogens is 1. The van der Waals surface area contributed by atoms with Crippen LogP contribution in [0.15, 0.2) is 10.7 Å². The van der Waals surface area contributed by atoms with Crippen molar-refractivity contribution in [2.24, 2.45) is 0 Å². The van der Waals surface area contributed by atoms with Crippen LogP contribution in [0.5, 0.6) is 0 Å². The first-order valence-electron chi connectivity index (χ1n) is 4.97. The Balaban J connectivity index is 2.69. The average molecular weight is 231 g/mol. The smallest absolute Gasteiger partial charge is 0.259 e. The number of carbonyl (C=O) groups excluding carboxylic acids is 1. The molecule has 0 fully saturated rings. The van der Waals surface area contributed by atoms with E-state index in [0.717, 1.165) is 6.42 Å². The van der Waals surface area contributed by atoms with E-state index in [1.54, 1.807) is 11.8 Å². The summed E-state index contributed by atoms with van der Waals surface area (Å²) < 4.78 is 4.86. The number of hydrogen-bond acceptors (Lipinski definition) is 3. The number of aromatic nitrogens is 1. The fourth-order valence-electron chi connectivity index (χ4n) is 1.33. The van der Waals surface area contributed by atoms with Gasteiger partial charge in [-0.15, -0.1) is 11.6 Å². The van der Waals surface area contributed by atoms with E-state index < -0.39 is 0 Å². The minimum absolute atomic E-state index is 0.0404. The summed E-state index contributed by atoms with van der Waals surface area (Å²) >= 11 is 5.59. The van der Waals surface area contributed by atoms with Crippen LogP contribution in [0, 0.1) is 6.92 Å². The lowest BCUT2D eigenvalue weighted by molar-refractivity contribution is 0.0763. The molecule has 0 aromatic carbocycles. The van der Waals surface area contributed by atoms with Crippen molar-refractivity contribution in [1.82, 2.24) is 10.1 Å². The molecule has 1 aromatic heterocycles. The van der Waals surface area contributed by atoms with Gasteiger partial charge in [-0.3, -0.25) is 4.79 Å². The zero-order valence-corrected chi connectivity index (χ0v) is 9.75. The number of hydrogen-bond donors (Lipinski definition) is 0. The third-order valence-corrected chi connectivity index (χ3v) is 2.48. The van der Waals surface area contributed by atoms with Gasteiger partial charge in [-0.05, 0) is 20.3 Å². The van der Waals surface area contributed by atoms with Crippen molar-refractivity contribution in [2.75, 3.05) is 19.0 Å². The lowest BCUT2D eigenvalue weighted by Gasteiger charge is -2.19. The largest absolute Gasteiger partial charge is 0.361 e. The summed E-state index contributed by atoms with van der Waals surface area (Å²) in [6, 6.07) is 0. The highest BCUT2D eigenvalue weighted by Crippen LogP contribution is 2.10. The normalized spacial score (nSPS) is 10.3. The summed E-state index contributed by atoms with van der Waals surface area (Å²) in [5, 5.41) is 3.59. The van der Waals surface area contributed by atoms with E-state index in [1.807, 2.05) is 6.92 Å². The Morgan fingerprint density at radius 3 is 2.87 bits per heavy atom. The van der Waals surface area contributed by atoms with Gasteiger partial charge in [0.05, 0.1) is 6.20 Å². The van der Waals surface area contributed by atoms with E-state index in [9.17, 15) is 4.79 Å². The van der Waals surface area contributed by atoms with Crippen LogP contribution in [-0.2, 0) is 0 Å². The average Bonchev–Trinajstić information content (AvgIpc) is 2.65. The second-order valence-corrected chi connectivity index (χ2v) is 3.60. The van der Waals surface area contributed by atoms with Crippen molar-refractivity contribution >= 4 is 17.5 Å². The molecule has 1 rings (SSSR count). The molecule has 1 heterocycles. The monoisotopic (exact) mass is 230 g/mol. The first-order chi connectivity index (χ1) is 7.20. The molecule has 0 saturated carbocycles. The summed E-state index contributed by atoms with van der Waals surface area (Å²) in [6.45, 7) is 5.01. The molecule has 0 aliphatic rings. The topological polar surface area (TPSA) is 46.3 Å². The Labute approximate surface area is 94.2 Å². The summed E-state index contributed by atoms with van der Waals surface area (Å²) in [6.07, 6.45) is 2.26. The maximum Gasteiger partial charge on any atom is 0.259 e. The van der Waals surface area contributed by atoms with Gasteiger partial charge in [-0.1, -0.05) is 5.16 Å². The van der Waals surface area contributed by atoms with E-state index >= 15 is 0 Å². The lowest BCUT2D eigenvalue weighted by Crippen LogP contribution is -2.32. The molecule has 0 bridgehead atoms. The van der Waals surface area contributed by atoms with Gasteiger partial charge in [0.1, 0.15) is 11.3 Å². The SMILES string of the molecule is CCN(CCCCl)C(=O)c1cnoc1C. The van der Waals surface area contributed by atoms with Gasteiger partial charge in [-0.25, -0.2) is 0 Å². The minimum Gasteiger partial charge on any atom is -0.361 e. The molecule has 4 nitrogen and oxygen atoms in total. The highest BCUT2D eigenvalue weighted by Gasteiger charge is 2.18. The zero-order valence-electron chi connectivity index (χ0n) is 8.99. The Morgan fingerprint density at radius 1 is 1.67 bits per heavy atom.